The van der Waals surface area contributed by atoms with E-state index in [-0.39, 0.29) is 24.4 Å². The van der Waals surface area contributed by atoms with Crippen molar-refractivity contribution >= 4 is 29.4 Å². The van der Waals surface area contributed by atoms with E-state index in [2.05, 4.69) is 5.32 Å². The number of rotatable bonds is 12. The van der Waals surface area contributed by atoms with E-state index in [4.69, 9.17) is 9.47 Å². The van der Waals surface area contributed by atoms with Crippen LogP contribution >= 0.6 is 0 Å². The van der Waals surface area contributed by atoms with Gasteiger partial charge >= 0.3 is 11.9 Å². The lowest BCUT2D eigenvalue weighted by molar-refractivity contribution is -0.137. The van der Waals surface area contributed by atoms with Gasteiger partial charge in [0.05, 0.1) is 19.1 Å². The summed E-state index contributed by atoms with van der Waals surface area (Å²) in [4.78, 5) is 51.3. The van der Waals surface area contributed by atoms with Gasteiger partial charge in [0.15, 0.2) is 0 Å². The fraction of sp³-hybridized carbons (Fsp3) is 0.105. The highest BCUT2D eigenvalue weighted by atomic mass is 16.5. The Morgan fingerprint density at radius 3 is 1.85 bits per heavy atom. The number of methoxy groups -OCH3 is 1. The molecule has 0 atom stereocenters. The SMILES string of the molecule is COc1ccc(CC(=O)Nc2ccc(C(=O)N(CC(=O)O)Cc3ccc(OC(=O)c4ccc(-c5ccccc5)cc4)cc3)cc2)cc1. The summed E-state index contributed by atoms with van der Waals surface area (Å²) < 4.78 is 10.7. The number of carboxylic acids is 1. The molecule has 2 N–H and O–H groups in total. The first-order valence-corrected chi connectivity index (χ1v) is 14.8. The molecule has 2 amide bonds. The van der Waals surface area contributed by atoms with Crippen molar-refractivity contribution in [2.24, 2.45) is 0 Å². The number of anilines is 1. The summed E-state index contributed by atoms with van der Waals surface area (Å²) in [6.45, 7) is -0.504. The summed E-state index contributed by atoms with van der Waals surface area (Å²) in [5.41, 5.74) is 4.66. The number of hydrogen-bond donors (Lipinski definition) is 2. The number of esters is 1. The Morgan fingerprint density at radius 1 is 0.660 bits per heavy atom. The molecule has 5 aromatic rings. The lowest BCUT2D eigenvalue weighted by atomic mass is 10.0. The van der Waals surface area contributed by atoms with Crippen molar-refractivity contribution in [3.05, 3.63) is 150 Å². The summed E-state index contributed by atoms with van der Waals surface area (Å²) >= 11 is 0. The van der Waals surface area contributed by atoms with Crippen molar-refractivity contribution in [1.29, 1.82) is 0 Å². The number of nitrogens with zero attached hydrogens (tertiary/aromatic N) is 1. The van der Waals surface area contributed by atoms with Crippen LogP contribution in [0.3, 0.4) is 0 Å². The number of benzene rings is 5. The van der Waals surface area contributed by atoms with E-state index < -0.39 is 24.4 Å². The quantitative estimate of drug-likeness (QED) is 0.120. The average Bonchev–Trinajstić information content (AvgIpc) is 3.09. The van der Waals surface area contributed by atoms with Crippen LogP contribution in [-0.4, -0.2) is 47.4 Å². The van der Waals surface area contributed by atoms with Crippen LogP contribution in [0.1, 0.15) is 31.8 Å². The van der Waals surface area contributed by atoms with Gasteiger partial charge in [-0.25, -0.2) is 4.79 Å². The van der Waals surface area contributed by atoms with Gasteiger partial charge in [0.2, 0.25) is 5.91 Å². The normalized spacial score (nSPS) is 10.5. The standard InChI is InChI=1S/C38H32N2O7/c1-46-33-19-7-26(8-20-33)23-35(41)39-32-17-15-30(16-18-32)37(44)40(25-36(42)43)24-27-9-21-34(22-10-27)47-38(45)31-13-11-29(12-14-31)28-5-3-2-4-6-28/h2-22H,23-25H2,1H3,(H,39,41)(H,42,43). The van der Waals surface area contributed by atoms with E-state index >= 15 is 0 Å². The predicted octanol–water partition coefficient (Wildman–Crippen LogP) is 6.49. The van der Waals surface area contributed by atoms with E-state index in [9.17, 15) is 24.3 Å². The van der Waals surface area contributed by atoms with Crippen molar-refractivity contribution in [1.82, 2.24) is 4.90 Å². The van der Waals surface area contributed by atoms with Crippen LogP contribution in [0.25, 0.3) is 11.1 Å². The Hall–Kier alpha value is -6.22. The summed E-state index contributed by atoms with van der Waals surface area (Å²) in [6, 6.07) is 36.9. The Kier molecular flexibility index (Phi) is 10.4. The molecule has 0 aliphatic carbocycles. The van der Waals surface area contributed by atoms with Crippen LogP contribution < -0.4 is 14.8 Å². The third-order valence-electron chi connectivity index (χ3n) is 7.29. The molecule has 0 aliphatic heterocycles. The maximum Gasteiger partial charge on any atom is 0.343 e. The van der Waals surface area contributed by atoms with Gasteiger partial charge in [-0.15, -0.1) is 0 Å². The molecule has 0 saturated heterocycles. The Balaban J connectivity index is 1.17. The molecule has 236 valence electrons. The van der Waals surface area contributed by atoms with Crippen LogP contribution in [0.5, 0.6) is 11.5 Å². The van der Waals surface area contributed by atoms with Gasteiger partial charge in [-0.05, 0) is 82.9 Å². The first-order valence-electron chi connectivity index (χ1n) is 14.8. The monoisotopic (exact) mass is 628 g/mol. The molecule has 0 spiro atoms. The third-order valence-corrected chi connectivity index (χ3v) is 7.29. The summed E-state index contributed by atoms with van der Waals surface area (Å²) in [6.07, 6.45) is 0.164. The average molecular weight is 629 g/mol. The third kappa shape index (κ3) is 8.92. The molecule has 0 radical (unpaired) electrons. The second-order valence-electron chi connectivity index (χ2n) is 10.7. The highest BCUT2D eigenvalue weighted by Gasteiger charge is 2.20. The second-order valence-corrected chi connectivity index (χ2v) is 10.7. The van der Waals surface area contributed by atoms with E-state index in [1.54, 1.807) is 67.8 Å². The molecule has 9 heteroatoms. The fourth-order valence-corrected chi connectivity index (χ4v) is 4.85. The Labute approximate surface area is 272 Å². The zero-order valence-corrected chi connectivity index (χ0v) is 25.6. The molecule has 0 saturated carbocycles. The molecule has 9 nitrogen and oxygen atoms in total. The smallest absolute Gasteiger partial charge is 0.343 e. The predicted molar refractivity (Wildman–Crippen MR) is 177 cm³/mol. The Morgan fingerprint density at radius 2 is 1.23 bits per heavy atom. The first kappa shape index (κ1) is 32.2. The van der Waals surface area contributed by atoms with E-state index in [1.165, 1.54) is 17.0 Å². The molecule has 0 bridgehead atoms. The second kappa shape index (κ2) is 15.2. The number of nitrogens with one attached hydrogen (secondary N) is 1. The molecule has 0 aromatic heterocycles. The van der Waals surface area contributed by atoms with Crippen LogP contribution in [0.4, 0.5) is 5.69 Å². The van der Waals surface area contributed by atoms with Gasteiger partial charge < -0.3 is 24.8 Å². The van der Waals surface area contributed by atoms with Crippen molar-refractivity contribution < 1.29 is 33.8 Å². The minimum Gasteiger partial charge on any atom is -0.497 e. The molecular weight excluding hydrogens is 596 g/mol. The number of carboxylic acid groups (broad SMARTS) is 1. The molecule has 0 aliphatic rings. The highest BCUT2D eigenvalue weighted by molar-refractivity contribution is 5.97. The van der Waals surface area contributed by atoms with Crippen LogP contribution in [0.2, 0.25) is 0 Å². The van der Waals surface area contributed by atoms with Gasteiger partial charge in [-0.3, -0.25) is 14.4 Å². The minimum absolute atomic E-state index is 0.0145. The zero-order chi connectivity index (χ0) is 33.2. The van der Waals surface area contributed by atoms with Crippen molar-refractivity contribution in [3.63, 3.8) is 0 Å². The largest absolute Gasteiger partial charge is 0.497 e. The summed E-state index contributed by atoms with van der Waals surface area (Å²) in [7, 11) is 1.57. The van der Waals surface area contributed by atoms with Crippen molar-refractivity contribution in [2.45, 2.75) is 13.0 Å². The molecule has 0 heterocycles. The first-order chi connectivity index (χ1) is 22.8. The maximum absolute atomic E-state index is 13.3. The minimum atomic E-state index is -1.16. The number of aliphatic carboxylic acids is 1. The molecule has 0 fully saturated rings. The van der Waals surface area contributed by atoms with E-state index in [0.29, 0.717) is 28.3 Å². The fourth-order valence-electron chi connectivity index (χ4n) is 4.85. The van der Waals surface area contributed by atoms with E-state index in [1.807, 2.05) is 54.6 Å². The van der Waals surface area contributed by atoms with Crippen molar-refractivity contribution in [2.75, 3.05) is 19.0 Å². The number of amides is 2. The molecular formula is C38H32N2O7. The lowest BCUT2D eigenvalue weighted by Gasteiger charge is -2.21. The summed E-state index contributed by atoms with van der Waals surface area (Å²) in [5.74, 6) is -1.38. The van der Waals surface area contributed by atoms with Gasteiger partial charge in [0, 0.05) is 17.8 Å². The van der Waals surface area contributed by atoms with Crippen molar-refractivity contribution in [3.8, 4) is 22.6 Å². The van der Waals surface area contributed by atoms with Crippen LogP contribution in [-0.2, 0) is 22.6 Å². The maximum atomic E-state index is 13.3. The number of ether oxygens (including phenoxy) is 2. The van der Waals surface area contributed by atoms with Gasteiger partial charge in [0.25, 0.3) is 5.91 Å². The molecule has 0 unspecified atom stereocenters. The molecule has 5 rings (SSSR count). The van der Waals surface area contributed by atoms with E-state index in [0.717, 1.165) is 16.7 Å². The van der Waals surface area contributed by atoms with Crippen LogP contribution in [0.15, 0.2) is 127 Å². The summed E-state index contributed by atoms with van der Waals surface area (Å²) in [5, 5.41) is 12.3. The van der Waals surface area contributed by atoms with Crippen LogP contribution in [0, 0.1) is 0 Å². The highest BCUT2D eigenvalue weighted by Crippen LogP contribution is 2.22. The van der Waals surface area contributed by atoms with Gasteiger partial charge in [0.1, 0.15) is 18.0 Å². The zero-order valence-electron chi connectivity index (χ0n) is 25.6. The van der Waals surface area contributed by atoms with Gasteiger partial charge in [-0.1, -0.05) is 66.7 Å². The number of hydrogen-bond acceptors (Lipinski definition) is 6. The molecule has 47 heavy (non-hydrogen) atoms. The number of carbonyl (C=O) groups is 4. The number of carbonyl (C=O) groups excluding carboxylic acids is 3. The van der Waals surface area contributed by atoms with Gasteiger partial charge in [-0.2, -0.15) is 0 Å². The molecule has 5 aromatic carbocycles. The lowest BCUT2D eigenvalue weighted by Crippen LogP contribution is -2.35. The Bertz CT molecular complexity index is 1840. The topological polar surface area (TPSA) is 122 Å².